The van der Waals surface area contributed by atoms with Gasteiger partial charge in [-0.3, -0.25) is 4.79 Å². The van der Waals surface area contributed by atoms with E-state index in [1.54, 1.807) is 17.0 Å². The number of amides is 1. The van der Waals surface area contributed by atoms with E-state index in [1.807, 2.05) is 0 Å². The fourth-order valence-electron chi connectivity index (χ4n) is 3.16. The van der Waals surface area contributed by atoms with Crippen LogP contribution >= 0.6 is 34.8 Å². The first-order chi connectivity index (χ1) is 13.6. The molecule has 0 unspecified atom stereocenters. The highest BCUT2D eigenvalue weighted by Crippen LogP contribution is 2.37. The van der Waals surface area contributed by atoms with Gasteiger partial charge in [0.1, 0.15) is 0 Å². The lowest BCUT2D eigenvalue weighted by molar-refractivity contribution is 0.0746. The van der Waals surface area contributed by atoms with Crippen molar-refractivity contribution in [1.29, 1.82) is 0 Å². The molecule has 1 aliphatic rings. The zero-order chi connectivity index (χ0) is 21.3. The molecule has 156 valence electrons. The van der Waals surface area contributed by atoms with Crippen molar-refractivity contribution in [3.8, 4) is 5.75 Å². The summed E-state index contributed by atoms with van der Waals surface area (Å²) in [7, 11) is -1.94. The van der Waals surface area contributed by atoms with Gasteiger partial charge in [-0.25, -0.2) is 8.42 Å². The van der Waals surface area contributed by atoms with Crippen molar-refractivity contribution in [1.82, 2.24) is 4.90 Å². The van der Waals surface area contributed by atoms with Crippen molar-refractivity contribution in [3.05, 3.63) is 51.0 Å². The lowest BCUT2D eigenvalue weighted by atomic mass is 10.1. The SMILES string of the molecule is COc1c(Cl)cc(N2CCN(C(=O)c3cc(S(C)(=O)=O)ccc3Cl)CC2)cc1Cl. The van der Waals surface area contributed by atoms with Crippen molar-refractivity contribution in [2.24, 2.45) is 0 Å². The van der Waals surface area contributed by atoms with E-state index in [2.05, 4.69) is 4.90 Å². The van der Waals surface area contributed by atoms with E-state index < -0.39 is 9.84 Å². The molecule has 1 aliphatic heterocycles. The van der Waals surface area contributed by atoms with Crippen LogP contribution in [0.4, 0.5) is 5.69 Å². The minimum atomic E-state index is -3.44. The van der Waals surface area contributed by atoms with Crippen LogP contribution in [0.1, 0.15) is 10.4 Å². The molecule has 2 aromatic rings. The van der Waals surface area contributed by atoms with E-state index in [0.29, 0.717) is 42.0 Å². The molecule has 2 aromatic carbocycles. The van der Waals surface area contributed by atoms with E-state index in [9.17, 15) is 13.2 Å². The van der Waals surface area contributed by atoms with Gasteiger partial charge in [0.05, 0.1) is 32.6 Å². The molecular formula is C19H19Cl3N2O4S. The van der Waals surface area contributed by atoms with Crippen molar-refractivity contribution < 1.29 is 17.9 Å². The maximum atomic E-state index is 12.9. The van der Waals surface area contributed by atoms with Gasteiger partial charge in [-0.15, -0.1) is 0 Å². The molecular weight excluding hydrogens is 459 g/mol. The van der Waals surface area contributed by atoms with Gasteiger partial charge in [0, 0.05) is 38.1 Å². The summed E-state index contributed by atoms with van der Waals surface area (Å²) in [5.41, 5.74) is 1.02. The summed E-state index contributed by atoms with van der Waals surface area (Å²) in [6, 6.07) is 7.70. The van der Waals surface area contributed by atoms with Crippen LogP contribution < -0.4 is 9.64 Å². The number of hydrogen-bond donors (Lipinski definition) is 0. The molecule has 0 atom stereocenters. The van der Waals surface area contributed by atoms with Crippen LogP contribution in [0.2, 0.25) is 15.1 Å². The van der Waals surface area contributed by atoms with Gasteiger partial charge in [-0.05, 0) is 30.3 Å². The van der Waals surface area contributed by atoms with Gasteiger partial charge in [-0.1, -0.05) is 34.8 Å². The van der Waals surface area contributed by atoms with Crippen LogP contribution in [-0.2, 0) is 9.84 Å². The fourth-order valence-corrected chi connectivity index (χ4v) is 4.64. The monoisotopic (exact) mass is 476 g/mol. The molecule has 10 heteroatoms. The second-order valence-electron chi connectivity index (χ2n) is 6.64. The normalized spacial score (nSPS) is 14.8. The fraction of sp³-hybridized carbons (Fsp3) is 0.316. The number of hydrogen-bond acceptors (Lipinski definition) is 5. The first-order valence-electron chi connectivity index (χ1n) is 8.68. The number of anilines is 1. The maximum Gasteiger partial charge on any atom is 0.255 e. The van der Waals surface area contributed by atoms with Crippen LogP contribution in [0.25, 0.3) is 0 Å². The molecule has 0 N–H and O–H groups in total. The molecule has 0 aromatic heterocycles. The predicted octanol–water partition coefficient (Wildman–Crippen LogP) is 4.02. The quantitative estimate of drug-likeness (QED) is 0.665. The van der Waals surface area contributed by atoms with Crippen molar-refractivity contribution >= 4 is 56.2 Å². The Labute approximate surface area is 184 Å². The lowest BCUT2D eigenvalue weighted by Crippen LogP contribution is -2.48. The standard InChI is InChI=1S/C19H19Cl3N2O4S/c1-28-18-16(21)9-12(10-17(18)22)23-5-7-24(8-6-23)19(25)14-11-13(29(2,26)27)3-4-15(14)20/h3-4,9-11H,5-8H2,1-2H3. The summed E-state index contributed by atoms with van der Waals surface area (Å²) < 4.78 is 28.8. The maximum absolute atomic E-state index is 12.9. The molecule has 3 rings (SSSR count). The highest BCUT2D eigenvalue weighted by molar-refractivity contribution is 7.90. The Morgan fingerprint density at radius 1 is 0.966 bits per heavy atom. The molecule has 0 spiro atoms. The molecule has 0 bridgehead atoms. The second kappa shape index (κ2) is 8.60. The molecule has 1 saturated heterocycles. The van der Waals surface area contributed by atoms with Gasteiger partial charge < -0.3 is 14.5 Å². The van der Waals surface area contributed by atoms with E-state index in [1.165, 1.54) is 25.3 Å². The van der Waals surface area contributed by atoms with Crippen LogP contribution in [-0.4, -0.2) is 58.8 Å². The number of methoxy groups -OCH3 is 1. The highest BCUT2D eigenvalue weighted by atomic mass is 35.5. The first-order valence-corrected chi connectivity index (χ1v) is 11.7. The Bertz CT molecular complexity index is 1030. The highest BCUT2D eigenvalue weighted by Gasteiger charge is 2.25. The Kier molecular flexibility index (Phi) is 6.53. The largest absolute Gasteiger partial charge is 0.494 e. The smallest absolute Gasteiger partial charge is 0.255 e. The molecule has 0 aliphatic carbocycles. The van der Waals surface area contributed by atoms with E-state index in [4.69, 9.17) is 39.5 Å². The van der Waals surface area contributed by atoms with Crippen LogP contribution in [0.3, 0.4) is 0 Å². The average Bonchev–Trinajstić information content (AvgIpc) is 2.67. The van der Waals surface area contributed by atoms with Crippen molar-refractivity contribution in [2.45, 2.75) is 4.90 Å². The molecule has 0 saturated carbocycles. The Morgan fingerprint density at radius 3 is 2.07 bits per heavy atom. The van der Waals surface area contributed by atoms with Gasteiger partial charge >= 0.3 is 0 Å². The van der Waals surface area contributed by atoms with E-state index >= 15 is 0 Å². The number of nitrogens with zero attached hydrogens (tertiary/aromatic N) is 2. The molecule has 0 radical (unpaired) electrons. The van der Waals surface area contributed by atoms with Crippen LogP contribution in [0.15, 0.2) is 35.2 Å². The third-order valence-corrected chi connectivity index (χ3v) is 6.72. The third kappa shape index (κ3) is 4.74. The third-order valence-electron chi connectivity index (χ3n) is 4.72. The number of halogens is 3. The van der Waals surface area contributed by atoms with Gasteiger partial charge in [-0.2, -0.15) is 0 Å². The molecule has 1 fully saturated rings. The molecule has 6 nitrogen and oxygen atoms in total. The van der Waals surface area contributed by atoms with E-state index in [-0.39, 0.29) is 21.4 Å². The molecule has 1 heterocycles. The zero-order valence-electron chi connectivity index (χ0n) is 15.8. The Hall–Kier alpha value is -1.67. The summed E-state index contributed by atoms with van der Waals surface area (Å²) in [6.07, 6.45) is 1.09. The summed E-state index contributed by atoms with van der Waals surface area (Å²) in [5.74, 6) is 0.122. The Balaban J connectivity index is 1.75. The number of sulfone groups is 1. The van der Waals surface area contributed by atoms with E-state index in [0.717, 1.165) is 11.9 Å². The Morgan fingerprint density at radius 2 is 1.55 bits per heavy atom. The van der Waals surface area contributed by atoms with Crippen molar-refractivity contribution in [2.75, 3.05) is 44.4 Å². The van der Waals surface area contributed by atoms with Gasteiger partial charge in [0.25, 0.3) is 5.91 Å². The van der Waals surface area contributed by atoms with Crippen LogP contribution in [0, 0.1) is 0 Å². The van der Waals surface area contributed by atoms with Gasteiger partial charge in [0.2, 0.25) is 0 Å². The van der Waals surface area contributed by atoms with Gasteiger partial charge in [0.15, 0.2) is 15.6 Å². The molecule has 29 heavy (non-hydrogen) atoms. The number of rotatable bonds is 4. The minimum Gasteiger partial charge on any atom is -0.494 e. The lowest BCUT2D eigenvalue weighted by Gasteiger charge is -2.36. The van der Waals surface area contributed by atoms with Crippen LogP contribution in [0.5, 0.6) is 5.75 Å². The second-order valence-corrected chi connectivity index (χ2v) is 9.87. The number of benzene rings is 2. The summed E-state index contributed by atoms with van der Waals surface area (Å²) >= 11 is 18.6. The summed E-state index contributed by atoms with van der Waals surface area (Å²) in [6.45, 7) is 2.02. The zero-order valence-corrected chi connectivity index (χ0v) is 18.9. The molecule has 1 amide bonds. The summed E-state index contributed by atoms with van der Waals surface area (Å²) in [4.78, 5) is 16.7. The number of carbonyl (C=O) groups excluding carboxylic acids is 1. The minimum absolute atomic E-state index is 0.0615. The first kappa shape index (κ1) is 22.0. The number of carbonyl (C=O) groups is 1. The predicted molar refractivity (Wildman–Crippen MR) is 116 cm³/mol. The topological polar surface area (TPSA) is 66.9 Å². The summed E-state index contributed by atoms with van der Waals surface area (Å²) in [5, 5.41) is 1.05. The van der Waals surface area contributed by atoms with Crippen molar-refractivity contribution in [3.63, 3.8) is 0 Å². The average molecular weight is 478 g/mol. The number of ether oxygens (including phenoxy) is 1. The number of piperazine rings is 1.